The number of carbonyl (C=O) groups is 4. The summed E-state index contributed by atoms with van der Waals surface area (Å²) in [5, 5.41) is 18.0. The molecule has 0 aliphatic heterocycles. The second-order valence-corrected chi connectivity index (χ2v) is 6.03. The summed E-state index contributed by atoms with van der Waals surface area (Å²) in [6.07, 6.45) is 1.31. The largest absolute Gasteiger partial charge is 0.478 e. The Labute approximate surface area is 159 Å². The summed E-state index contributed by atoms with van der Waals surface area (Å²) in [6.45, 7) is 0. The Kier molecular flexibility index (Phi) is 5.13. The molecule has 0 saturated heterocycles. The molecule has 3 aromatic carbocycles. The number of carbonyl (C=O) groups excluding carboxylic acids is 2. The van der Waals surface area contributed by atoms with Crippen LogP contribution in [0.15, 0.2) is 60.7 Å². The van der Waals surface area contributed by atoms with Gasteiger partial charge in [-0.2, -0.15) is 0 Å². The molecule has 0 fully saturated rings. The van der Waals surface area contributed by atoms with Crippen LogP contribution in [0.3, 0.4) is 0 Å². The number of benzene rings is 3. The highest BCUT2D eigenvalue weighted by molar-refractivity contribution is 5.98. The summed E-state index contributed by atoms with van der Waals surface area (Å²) in [5.74, 6) is -2.12. The topological polar surface area (TPSA) is 109 Å². The summed E-state index contributed by atoms with van der Waals surface area (Å²) >= 11 is 0. The Hall–Kier alpha value is -4.06. The minimum atomic E-state index is -1.06. The van der Waals surface area contributed by atoms with Crippen molar-refractivity contribution in [2.75, 3.05) is 0 Å². The van der Waals surface area contributed by atoms with E-state index in [1.807, 2.05) is 0 Å². The van der Waals surface area contributed by atoms with Crippen LogP contribution in [-0.2, 0) is 0 Å². The SMILES string of the molecule is O=Cc1cc(-c2ccc(C(=O)O)cc2)c(C=O)cc1-c1ccc(C(=O)O)cc1. The predicted molar refractivity (Wildman–Crippen MR) is 102 cm³/mol. The maximum atomic E-state index is 11.6. The molecule has 6 heteroatoms. The van der Waals surface area contributed by atoms with Crippen molar-refractivity contribution < 1.29 is 29.4 Å². The number of aldehydes is 2. The zero-order valence-electron chi connectivity index (χ0n) is 14.5. The van der Waals surface area contributed by atoms with Gasteiger partial charge in [0.1, 0.15) is 0 Å². The van der Waals surface area contributed by atoms with Gasteiger partial charge in [0, 0.05) is 11.1 Å². The normalized spacial score (nSPS) is 10.3. The lowest BCUT2D eigenvalue weighted by molar-refractivity contribution is 0.0686. The van der Waals surface area contributed by atoms with Crippen molar-refractivity contribution in [3.8, 4) is 22.3 Å². The van der Waals surface area contributed by atoms with Crippen molar-refractivity contribution >= 4 is 24.5 Å². The van der Waals surface area contributed by atoms with Crippen LogP contribution in [-0.4, -0.2) is 34.7 Å². The van der Waals surface area contributed by atoms with E-state index < -0.39 is 11.9 Å². The molecule has 3 rings (SSSR count). The third-order valence-corrected chi connectivity index (χ3v) is 4.36. The van der Waals surface area contributed by atoms with Crippen molar-refractivity contribution in [3.63, 3.8) is 0 Å². The Morgan fingerprint density at radius 2 is 0.929 bits per heavy atom. The number of carboxylic acid groups (broad SMARTS) is 2. The number of hydrogen-bond acceptors (Lipinski definition) is 4. The van der Waals surface area contributed by atoms with E-state index in [-0.39, 0.29) is 11.1 Å². The van der Waals surface area contributed by atoms with Crippen LogP contribution in [0.1, 0.15) is 41.4 Å². The van der Waals surface area contributed by atoms with Crippen molar-refractivity contribution in [1.29, 1.82) is 0 Å². The van der Waals surface area contributed by atoms with Gasteiger partial charge in [0.25, 0.3) is 0 Å². The fourth-order valence-electron chi connectivity index (χ4n) is 2.91. The fourth-order valence-corrected chi connectivity index (χ4v) is 2.91. The average Bonchev–Trinajstić information content (AvgIpc) is 2.72. The molecule has 138 valence electrons. The summed E-state index contributed by atoms with van der Waals surface area (Å²) in [6, 6.07) is 15.1. The molecule has 28 heavy (non-hydrogen) atoms. The van der Waals surface area contributed by atoms with E-state index in [1.54, 1.807) is 36.4 Å². The maximum Gasteiger partial charge on any atom is 0.335 e. The van der Waals surface area contributed by atoms with Crippen LogP contribution in [0.5, 0.6) is 0 Å². The number of hydrogen-bond donors (Lipinski definition) is 2. The van der Waals surface area contributed by atoms with E-state index >= 15 is 0 Å². The third kappa shape index (κ3) is 3.57. The van der Waals surface area contributed by atoms with Gasteiger partial charge in [-0.3, -0.25) is 9.59 Å². The van der Waals surface area contributed by atoms with Gasteiger partial charge in [-0.05, 0) is 58.7 Å². The molecular weight excluding hydrogens is 360 g/mol. The molecule has 0 aromatic heterocycles. The van der Waals surface area contributed by atoms with Crippen molar-refractivity contribution in [3.05, 3.63) is 82.9 Å². The van der Waals surface area contributed by atoms with E-state index in [9.17, 15) is 19.2 Å². The molecule has 0 saturated carbocycles. The maximum absolute atomic E-state index is 11.6. The summed E-state index contributed by atoms with van der Waals surface area (Å²) < 4.78 is 0. The van der Waals surface area contributed by atoms with Gasteiger partial charge in [-0.1, -0.05) is 24.3 Å². The van der Waals surface area contributed by atoms with Gasteiger partial charge in [0.15, 0.2) is 12.6 Å². The van der Waals surface area contributed by atoms with E-state index in [0.29, 0.717) is 46.0 Å². The van der Waals surface area contributed by atoms with Gasteiger partial charge >= 0.3 is 11.9 Å². The van der Waals surface area contributed by atoms with E-state index in [1.165, 1.54) is 24.3 Å². The minimum absolute atomic E-state index is 0.113. The number of carboxylic acids is 2. The standard InChI is InChI=1S/C22H14O6/c23-11-17-10-20(14-3-7-16(8-4-14)22(27)28)18(12-24)9-19(17)13-1-5-15(6-2-13)21(25)26/h1-12H,(H,25,26)(H,27,28). The number of aromatic carboxylic acids is 2. The summed E-state index contributed by atoms with van der Waals surface area (Å²) in [4.78, 5) is 45.3. The lowest BCUT2D eigenvalue weighted by Crippen LogP contribution is -1.98. The quantitative estimate of drug-likeness (QED) is 0.630. The van der Waals surface area contributed by atoms with Crippen molar-refractivity contribution in [2.24, 2.45) is 0 Å². The molecule has 6 nitrogen and oxygen atoms in total. The smallest absolute Gasteiger partial charge is 0.335 e. The first-order valence-corrected chi connectivity index (χ1v) is 8.20. The molecule has 0 aliphatic rings. The van der Waals surface area contributed by atoms with E-state index in [4.69, 9.17) is 10.2 Å². The first-order chi connectivity index (χ1) is 13.4. The molecule has 0 amide bonds. The van der Waals surface area contributed by atoms with Crippen LogP contribution < -0.4 is 0 Å². The second-order valence-electron chi connectivity index (χ2n) is 6.03. The summed E-state index contributed by atoms with van der Waals surface area (Å²) in [7, 11) is 0. The molecule has 2 N–H and O–H groups in total. The Bertz CT molecular complexity index is 990. The molecule has 0 bridgehead atoms. The van der Waals surface area contributed by atoms with Crippen molar-refractivity contribution in [1.82, 2.24) is 0 Å². The minimum Gasteiger partial charge on any atom is -0.478 e. The van der Waals surface area contributed by atoms with E-state index in [0.717, 1.165) is 0 Å². The predicted octanol–water partition coefficient (Wildman–Crippen LogP) is 4.04. The Morgan fingerprint density at radius 3 is 1.18 bits per heavy atom. The summed E-state index contributed by atoms with van der Waals surface area (Å²) in [5.41, 5.74) is 3.08. The molecule has 0 heterocycles. The Morgan fingerprint density at radius 1 is 0.607 bits per heavy atom. The van der Waals surface area contributed by atoms with Crippen molar-refractivity contribution in [2.45, 2.75) is 0 Å². The molecule has 3 aromatic rings. The molecule has 0 spiro atoms. The molecule has 0 radical (unpaired) electrons. The van der Waals surface area contributed by atoms with Crippen LogP contribution >= 0.6 is 0 Å². The molecular formula is C22H14O6. The average molecular weight is 374 g/mol. The number of rotatable bonds is 6. The molecule has 0 unspecified atom stereocenters. The second kappa shape index (κ2) is 7.67. The zero-order valence-corrected chi connectivity index (χ0v) is 14.5. The van der Waals surface area contributed by atoms with Crippen LogP contribution in [0.4, 0.5) is 0 Å². The lowest BCUT2D eigenvalue weighted by atomic mass is 9.91. The highest BCUT2D eigenvalue weighted by atomic mass is 16.4. The first-order valence-electron chi connectivity index (χ1n) is 8.20. The molecule has 0 atom stereocenters. The highest BCUT2D eigenvalue weighted by Gasteiger charge is 2.14. The van der Waals surface area contributed by atoms with Crippen LogP contribution in [0, 0.1) is 0 Å². The van der Waals surface area contributed by atoms with Gasteiger partial charge < -0.3 is 10.2 Å². The van der Waals surface area contributed by atoms with Crippen LogP contribution in [0.2, 0.25) is 0 Å². The fraction of sp³-hybridized carbons (Fsp3) is 0. The highest BCUT2D eigenvalue weighted by Crippen LogP contribution is 2.31. The lowest BCUT2D eigenvalue weighted by Gasteiger charge is -2.12. The van der Waals surface area contributed by atoms with E-state index in [2.05, 4.69) is 0 Å². The van der Waals surface area contributed by atoms with Crippen LogP contribution in [0.25, 0.3) is 22.3 Å². The monoisotopic (exact) mass is 374 g/mol. The Balaban J connectivity index is 2.12. The molecule has 0 aliphatic carbocycles. The van der Waals surface area contributed by atoms with Gasteiger partial charge in [-0.25, -0.2) is 9.59 Å². The van der Waals surface area contributed by atoms with Gasteiger partial charge in [-0.15, -0.1) is 0 Å². The van der Waals surface area contributed by atoms with Gasteiger partial charge in [0.05, 0.1) is 11.1 Å². The van der Waals surface area contributed by atoms with Gasteiger partial charge in [0.2, 0.25) is 0 Å². The third-order valence-electron chi connectivity index (χ3n) is 4.36. The first kappa shape index (κ1) is 18.7. The zero-order chi connectivity index (χ0) is 20.3.